The summed E-state index contributed by atoms with van der Waals surface area (Å²) >= 11 is 0. The van der Waals surface area contributed by atoms with E-state index in [1.54, 1.807) is 4.90 Å². The van der Waals surface area contributed by atoms with E-state index in [9.17, 15) is 4.79 Å². The normalized spacial score (nSPS) is 11.2. The molecule has 0 saturated heterocycles. The average Bonchev–Trinajstić information content (AvgIpc) is 2.77. The number of nitrogens with two attached hydrogens (primary N) is 1. The number of rotatable bonds is 5. The van der Waals surface area contributed by atoms with E-state index in [1.807, 2.05) is 37.6 Å². The Morgan fingerprint density at radius 3 is 2.70 bits per heavy atom. The molecule has 0 fully saturated rings. The maximum atomic E-state index is 12.2. The predicted molar refractivity (Wildman–Crippen MR) is 82.6 cm³/mol. The van der Waals surface area contributed by atoms with Crippen molar-refractivity contribution < 1.29 is 4.79 Å². The molecule has 2 rings (SSSR count). The Balaban J connectivity index is 2.32. The summed E-state index contributed by atoms with van der Waals surface area (Å²) in [6.45, 7) is 5.03. The first-order chi connectivity index (χ1) is 9.54. The van der Waals surface area contributed by atoms with Crippen LogP contribution in [-0.2, 0) is 17.8 Å². The second kappa shape index (κ2) is 6.09. The van der Waals surface area contributed by atoms with E-state index in [4.69, 9.17) is 5.73 Å². The van der Waals surface area contributed by atoms with Gasteiger partial charge in [-0.2, -0.15) is 0 Å². The maximum Gasteiger partial charge on any atom is 0.242 e. The number of amides is 1. The Kier molecular flexibility index (Phi) is 4.45. The second-order valence-electron chi connectivity index (χ2n) is 5.44. The number of hydrogen-bond acceptors (Lipinski definition) is 2. The van der Waals surface area contributed by atoms with Gasteiger partial charge in [-0.1, -0.05) is 18.2 Å². The van der Waals surface area contributed by atoms with Gasteiger partial charge < -0.3 is 15.2 Å². The molecular formula is C16H23N3O. The van der Waals surface area contributed by atoms with Gasteiger partial charge in [-0.05, 0) is 38.4 Å². The minimum atomic E-state index is 0.125. The second-order valence-corrected chi connectivity index (χ2v) is 5.44. The van der Waals surface area contributed by atoms with Gasteiger partial charge in [0.15, 0.2) is 0 Å². The van der Waals surface area contributed by atoms with Gasteiger partial charge in [0.25, 0.3) is 0 Å². The largest absolute Gasteiger partial charge is 0.342 e. The standard InChI is InChI=1S/C16H23N3O/c1-12(2)18(3)16(20)11-19-10-13(8-9-17)14-6-4-5-7-15(14)19/h4-7,10,12H,8-9,11,17H2,1-3H3. The third-order valence-electron chi connectivity index (χ3n) is 3.76. The molecule has 0 bridgehead atoms. The Hall–Kier alpha value is -1.81. The van der Waals surface area contributed by atoms with Crippen molar-refractivity contribution in [2.24, 2.45) is 5.73 Å². The fraction of sp³-hybridized carbons (Fsp3) is 0.438. The molecule has 0 atom stereocenters. The first-order valence-electron chi connectivity index (χ1n) is 7.07. The van der Waals surface area contributed by atoms with E-state index < -0.39 is 0 Å². The van der Waals surface area contributed by atoms with Crippen LogP contribution in [0.5, 0.6) is 0 Å². The summed E-state index contributed by atoms with van der Waals surface area (Å²) in [5.41, 5.74) is 7.98. The lowest BCUT2D eigenvalue weighted by Crippen LogP contribution is -2.35. The molecule has 0 saturated carbocycles. The van der Waals surface area contributed by atoms with E-state index in [0.29, 0.717) is 13.1 Å². The topological polar surface area (TPSA) is 51.3 Å². The molecule has 0 unspecified atom stereocenters. The van der Waals surface area contributed by atoms with Gasteiger partial charge in [0.2, 0.25) is 5.91 Å². The molecule has 108 valence electrons. The number of nitrogens with zero attached hydrogens (tertiary/aromatic N) is 2. The summed E-state index contributed by atoms with van der Waals surface area (Å²) in [5, 5.41) is 1.19. The lowest BCUT2D eigenvalue weighted by molar-refractivity contribution is -0.131. The van der Waals surface area contributed by atoms with Gasteiger partial charge >= 0.3 is 0 Å². The van der Waals surface area contributed by atoms with Crippen LogP contribution in [0, 0.1) is 0 Å². The first-order valence-corrected chi connectivity index (χ1v) is 7.07. The lowest BCUT2D eigenvalue weighted by Gasteiger charge is -2.21. The smallest absolute Gasteiger partial charge is 0.242 e. The fourth-order valence-corrected chi connectivity index (χ4v) is 2.35. The van der Waals surface area contributed by atoms with Crippen LogP contribution < -0.4 is 5.73 Å². The highest BCUT2D eigenvalue weighted by Gasteiger charge is 2.15. The van der Waals surface area contributed by atoms with Crippen LogP contribution in [0.4, 0.5) is 0 Å². The zero-order valence-corrected chi connectivity index (χ0v) is 12.5. The number of carbonyl (C=O) groups excluding carboxylic acids is 1. The highest BCUT2D eigenvalue weighted by atomic mass is 16.2. The van der Waals surface area contributed by atoms with Crippen LogP contribution in [0.3, 0.4) is 0 Å². The maximum absolute atomic E-state index is 12.2. The molecule has 0 spiro atoms. The minimum Gasteiger partial charge on any atom is -0.342 e. The van der Waals surface area contributed by atoms with Crippen molar-refractivity contribution in [2.45, 2.75) is 32.9 Å². The number of fused-ring (bicyclic) bond motifs is 1. The Labute approximate surface area is 120 Å². The molecule has 0 aliphatic heterocycles. The summed E-state index contributed by atoms with van der Waals surface area (Å²) in [7, 11) is 1.85. The van der Waals surface area contributed by atoms with Crippen LogP contribution in [-0.4, -0.2) is 35.0 Å². The Bertz CT molecular complexity index is 601. The highest BCUT2D eigenvalue weighted by Crippen LogP contribution is 2.21. The molecule has 1 aromatic heterocycles. The van der Waals surface area contributed by atoms with Crippen LogP contribution in [0.15, 0.2) is 30.5 Å². The summed E-state index contributed by atoms with van der Waals surface area (Å²) in [5.74, 6) is 0.125. The van der Waals surface area contributed by atoms with Crippen molar-refractivity contribution in [1.29, 1.82) is 0 Å². The van der Waals surface area contributed by atoms with Gasteiger partial charge in [0.05, 0.1) is 0 Å². The quantitative estimate of drug-likeness (QED) is 0.906. The van der Waals surface area contributed by atoms with Crippen LogP contribution in [0.1, 0.15) is 19.4 Å². The molecule has 20 heavy (non-hydrogen) atoms. The van der Waals surface area contributed by atoms with Gasteiger partial charge in [0, 0.05) is 30.2 Å². The van der Waals surface area contributed by atoms with Gasteiger partial charge in [-0.15, -0.1) is 0 Å². The number of benzene rings is 1. The lowest BCUT2D eigenvalue weighted by atomic mass is 10.1. The van der Waals surface area contributed by atoms with Crippen molar-refractivity contribution in [3.05, 3.63) is 36.0 Å². The summed E-state index contributed by atoms with van der Waals surface area (Å²) in [4.78, 5) is 14.0. The highest BCUT2D eigenvalue weighted by molar-refractivity contribution is 5.86. The number of hydrogen-bond donors (Lipinski definition) is 1. The number of para-hydroxylation sites is 1. The Morgan fingerprint density at radius 1 is 1.35 bits per heavy atom. The van der Waals surface area contributed by atoms with Crippen molar-refractivity contribution in [3.8, 4) is 0 Å². The van der Waals surface area contributed by atoms with E-state index in [1.165, 1.54) is 10.9 Å². The third kappa shape index (κ3) is 2.85. The molecule has 1 amide bonds. The Morgan fingerprint density at radius 2 is 2.05 bits per heavy atom. The summed E-state index contributed by atoms with van der Waals surface area (Å²) < 4.78 is 2.03. The van der Waals surface area contributed by atoms with Gasteiger partial charge in [-0.25, -0.2) is 0 Å². The zero-order valence-electron chi connectivity index (χ0n) is 12.5. The van der Waals surface area contributed by atoms with E-state index in [-0.39, 0.29) is 11.9 Å². The van der Waals surface area contributed by atoms with E-state index >= 15 is 0 Å². The molecule has 4 nitrogen and oxygen atoms in total. The van der Waals surface area contributed by atoms with Crippen molar-refractivity contribution in [2.75, 3.05) is 13.6 Å². The summed E-state index contributed by atoms with van der Waals surface area (Å²) in [6, 6.07) is 8.38. The fourth-order valence-electron chi connectivity index (χ4n) is 2.35. The van der Waals surface area contributed by atoms with Crippen LogP contribution in [0.2, 0.25) is 0 Å². The molecule has 1 aromatic carbocycles. The average molecular weight is 273 g/mol. The minimum absolute atomic E-state index is 0.125. The number of carbonyl (C=O) groups is 1. The molecule has 0 aliphatic carbocycles. The molecule has 0 radical (unpaired) electrons. The molecule has 0 aliphatic rings. The number of aromatic nitrogens is 1. The van der Waals surface area contributed by atoms with E-state index in [2.05, 4.69) is 18.3 Å². The van der Waals surface area contributed by atoms with Gasteiger partial charge in [0.1, 0.15) is 6.54 Å². The van der Waals surface area contributed by atoms with E-state index in [0.717, 1.165) is 11.9 Å². The van der Waals surface area contributed by atoms with Crippen LogP contribution in [0.25, 0.3) is 10.9 Å². The van der Waals surface area contributed by atoms with Gasteiger partial charge in [-0.3, -0.25) is 4.79 Å². The predicted octanol–water partition coefficient (Wildman–Crippen LogP) is 2.01. The molecule has 4 heteroatoms. The van der Waals surface area contributed by atoms with Crippen molar-refractivity contribution in [1.82, 2.24) is 9.47 Å². The summed E-state index contributed by atoms with van der Waals surface area (Å²) in [6.07, 6.45) is 2.89. The SMILES string of the molecule is CC(C)N(C)C(=O)Cn1cc(CCN)c2ccccc21. The van der Waals surface area contributed by atoms with Crippen LogP contribution >= 0.6 is 0 Å². The molecule has 2 aromatic rings. The number of likely N-dealkylation sites (N-methyl/N-ethyl adjacent to an activating group) is 1. The monoisotopic (exact) mass is 273 g/mol. The van der Waals surface area contributed by atoms with Crippen molar-refractivity contribution in [3.63, 3.8) is 0 Å². The van der Waals surface area contributed by atoms with Crippen molar-refractivity contribution >= 4 is 16.8 Å². The third-order valence-corrected chi connectivity index (χ3v) is 3.76. The first kappa shape index (κ1) is 14.6. The zero-order chi connectivity index (χ0) is 14.7. The molecular weight excluding hydrogens is 250 g/mol. The molecule has 1 heterocycles. The molecule has 2 N–H and O–H groups in total.